The van der Waals surface area contributed by atoms with Crippen LogP contribution >= 0.6 is 0 Å². The van der Waals surface area contributed by atoms with Crippen molar-refractivity contribution in [1.29, 1.82) is 0 Å². The molecule has 0 aliphatic heterocycles. The molecule has 26 heavy (non-hydrogen) atoms. The first-order chi connectivity index (χ1) is 12.9. The van der Waals surface area contributed by atoms with E-state index in [0.717, 1.165) is 46.2 Å². The van der Waals surface area contributed by atoms with Gasteiger partial charge in [-0.1, -0.05) is 0 Å². The number of aromatic amines is 2. The largest absolute Gasteiger partial charge is 0.346 e. The van der Waals surface area contributed by atoms with E-state index in [-0.39, 0.29) is 0 Å². The zero-order chi connectivity index (χ0) is 17.1. The molecule has 0 unspecified atom stereocenters. The van der Waals surface area contributed by atoms with Gasteiger partial charge in [0.1, 0.15) is 5.65 Å². The summed E-state index contributed by atoms with van der Waals surface area (Å²) >= 11 is 0. The summed E-state index contributed by atoms with van der Waals surface area (Å²) < 4.78 is 0. The third-order valence-electron chi connectivity index (χ3n) is 5.56. The molecule has 0 saturated carbocycles. The average Bonchev–Trinajstić information content (AvgIpc) is 3.35. The van der Waals surface area contributed by atoms with Gasteiger partial charge in [-0.05, 0) is 61.1 Å². The van der Waals surface area contributed by atoms with Crippen LogP contribution in [-0.4, -0.2) is 25.1 Å². The van der Waals surface area contributed by atoms with Crippen LogP contribution in [0.2, 0.25) is 0 Å². The fourth-order valence-corrected chi connectivity index (χ4v) is 4.35. The normalized spacial score (nSPS) is 14.3. The molecule has 5 aromatic rings. The molecule has 6 rings (SSSR count). The summed E-state index contributed by atoms with van der Waals surface area (Å²) in [4.78, 5) is 12.8. The van der Waals surface area contributed by atoms with Crippen LogP contribution in [0.15, 0.2) is 42.9 Å². The maximum Gasteiger partial charge on any atom is 0.137 e. The van der Waals surface area contributed by atoms with E-state index < -0.39 is 0 Å². The molecule has 1 aliphatic rings. The van der Waals surface area contributed by atoms with E-state index in [2.05, 4.69) is 44.4 Å². The standard InChI is InChI=1S/C21H17N5/c1-2-4-15-14(3-1)19-16-11-24-26-17(16)5-6-18(19)25-20(15)13-9-12-7-8-22-21(12)23-10-13/h5-11H,1-4H2,(H,22,23)(H,24,26). The number of pyridine rings is 2. The van der Waals surface area contributed by atoms with Crippen LogP contribution in [0.1, 0.15) is 24.0 Å². The highest BCUT2D eigenvalue weighted by Crippen LogP contribution is 2.38. The van der Waals surface area contributed by atoms with Gasteiger partial charge in [0.2, 0.25) is 0 Å². The van der Waals surface area contributed by atoms with Gasteiger partial charge in [-0.15, -0.1) is 0 Å². The lowest BCUT2D eigenvalue weighted by molar-refractivity contribution is 0.689. The second-order valence-corrected chi connectivity index (χ2v) is 7.06. The monoisotopic (exact) mass is 339 g/mol. The molecule has 5 nitrogen and oxygen atoms in total. The van der Waals surface area contributed by atoms with E-state index >= 15 is 0 Å². The molecule has 0 saturated heterocycles. The van der Waals surface area contributed by atoms with Crippen molar-refractivity contribution in [2.75, 3.05) is 0 Å². The Balaban J connectivity index is 1.71. The Morgan fingerprint density at radius 1 is 0.962 bits per heavy atom. The maximum absolute atomic E-state index is 5.09. The number of aromatic nitrogens is 5. The number of fused-ring (bicyclic) bond motifs is 6. The summed E-state index contributed by atoms with van der Waals surface area (Å²) in [6.45, 7) is 0. The average molecular weight is 339 g/mol. The molecule has 5 heteroatoms. The van der Waals surface area contributed by atoms with Crippen molar-refractivity contribution in [3.63, 3.8) is 0 Å². The molecule has 1 aromatic carbocycles. The molecule has 0 fully saturated rings. The van der Waals surface area contributed by atoms with Crippen LogP contribution in [-0.2, 0) is 12.8 Å². The number of nitrogens with zero attached hydrogens (tertiary/aromatic N) is 3. The first-order valence-corrected chi connectivity index (χ1v) is 9.09. The van der Waals surface area contributed by atoms with Gasteiger partial charge in [0.05, 0.1) is 22.9 Å². The van der Waals surface area contributed by atoms with Gasteiger partial charge >= 0.3 is 0 Å². The van der Waals surface area contributed by atoms with E-state index in [1.54, 1.807) is 0 Å². The van der Waals surface area contributed by atoms with Gasteiger partial charge in [-0.3, -0.25) is 5.10 Å². The number of rotatable bonds is 1. The molecule has 0 spiro atoms. The molecule has 4 heterocycles. The first-order valence-electron chi connectivity index (χ1n) is 9.09. The van der Waals surface area contributed by atoms with E-state index in [0.29, 0.717) is 0 Å². The smallest absolute Gasteiger partial charge is 0.137 e. The van der Waals surface area contributed by atoms with Crippen molar-refractivity contribution < 1.29 is 0 Å². The zero-order valence-corrected chi connectivity index (χ0v) is 14.2. The van der Waals surface area contributed by atoms with Gasteiger partial charge in [-0.25, -0.2) is 9.97 Å². The summed E-state index contributed by atoms with van der Waals surface area (Å²) in [5.41, 5.74) is 8.06. The maximum atomic E-state index is 5.09. The number of hydrogen-bond donors (Lipinski definition) is 2. The van der Waals surface area contributed by atoms with Crippen LogP contribution in [0.25, 0.3) is 44.1 Å². The molecule has 0 bridgehead atoms. The van der Waals surface area contributed by atoms with Crippen LogP contribution in [0.3, 0.4) is 0 Å². The first kappa shape index (κ1) is 14.0. The summed E-state index contributed by atoms with van der Waals surface area (Å²) in [7, 11) is 0. The van der Waals surface area contributed by atoms with Crippen molar-refractivity contribution in [3.05, 3.63) is 54.0 Å². The summed E-state index contributed by atoms with van der Waals surface area (Å²) in [6, 6.07) is 8.44. The van der Waals surface area contributed by atoms with Gasteiger partial charge in [0, 0.05) is 34.1 Å². The Morgan fingerprint density at radius 2 is 1.88 bits per heavy atom. The van der Waals surface area contributed by atoms with Crippen molar-refractivity contribution in [1.82, 2.24) is 25.1 Å². The van der Waals surface area contributed by atoms with Crippen LogP contribution in [0, 0.1) is 0 Å². The van der Waals surface area contributed by atoms with Gasteiger partial charge in [0.25, 0.3) is 0 Å². The third kappa shape index (κ3) is 1.88. The highest BCUT2D eigenvalue weighted by Gasteiger charge is 2.21. The highest BCUT2D eigenvalue weighted by atomic mass is 15.1. The lowest BCUT2D eigenvalue weighted by atomic mass is 9.85. The molecule has 2 N–H and O–H groups in total. The number of benzene rings is 1. The number of nitrogens with one attached hydrogen (secondary N) is 2. The quantitative estimate of drug-likeness (QED) is 0.471. The Labute approximate surface area is 149 Å². The fraction of sp³-hybridized carbons (Fsp3) is 0.190. The van der Waals surface area contributed by atoms with Gasteiger partial charge < -0.3 is 4.98 Å². The molecular weight excluding hydrogens is 322 g/mol. The number of H-pyrrole nitrogens is 2. The van der Waals surface area contributed by atoms with Crippen molar-refractivity contribution in [3.8, 4) is 11.3 Å². The molecular formula is C21H17N5. The summed E-state index contributed by atoms with van der Waals surface area (Å²) in [6.07, 6.45) is 10.4. The second-order valence-electron chi connectivity index (χ2n) is 7.06. The summed E-state index contributed by atoms with van der Waals surface area (Å²) in [5.74, 6) is 0. The van der Waals surface area contributed by atoms with Crippen LogP contribution in [0.4, 0.5) is 0 Å². The van der Waals surface area contributed by atoms with E-state index in [9.17, 15) is 0 Å². The molecule has 0 amide bonds. The molecule has 126 valence electrons. The SMILES string of the molecule is c1cc2cc(-c3nc4ccc5[nH]ncc5c4c4c3CCCC4)cnc2[nH]1. The minimum absolute atomic E-state index is 0.920. The topological polar surface area (TPSA) is 70.2 Å². The molecule has 0 radical (unpaired) electrons. The predicted octanol–water partition coefficient (Wildman–Crippen LogP) is 4.53. The number of aryl methyl sites for hydroxylation is 1. The minimum Gasteiger partial charge on any atom is -0.346 e. The lowest BCUT2D eigenvalue weighted by Crippen LogP contribution is -2.08. The predicted molar refractivity (Wildman–Crippen MR) is 103 cm³/mol. The van der Waals surface area contributed by atoms with E-state index in [1.165, 1.54) is 34.7 Å². The summed E-state index contributed by atoms with van der Waals surface area (Å²) in [5, 5.41) is 10.9. The molecule has 4 aromatic heterocycles. The molecule has 1 aliphatic carbocycles. The molecule has 0 atom stereocenters. The van der Waals surface area contributed by atoms with Crippen molar-refractivity contribution in [2.24, 2.45) is 0 Å². The fourth-order valence-electron chi connectivity index (χ4n) is 4.35. The lowest BCUT2D eigenvalue weighted by Gasteiger charge is -2.21. The van der Waals surface area contributed by atoms with Gasteiger partial charge in [0.15, 0.2) is 0 Å². The van der Waals surface area contributed by atoms with Crippen molar-refractivity contribution >= 4 is 32.8 Å². The van der Waals surface area contributed by atoms with Crippen LogP contribution < -0.4 is 0 Å². The minimum atomic E-state index is 0.920. The van der Waals surface area contributed by atoms with Crippen molar-refractivity contribution in [2.45, 2.75) is 25.7 Å². The van der Waals surface area contributed by atoms with E-state index in [4.69, 9.17) is 4.98 Å². The number of hydrogen-bond acceptors (Lipinski definition) is 3. The Morgan fingerprint density at radius 3 is 2.85 bits per heavy atom. The van der Waals surface area contributed by atoms with Gasteiger partial charge in [-0.2, -0.15) is 5.10 Å². The Kier molecular flexibility index (Phi) is 2.77. The second kappa shape index (κ2) is 5.14. The third-order valence-corrected chi connectivity index (χ3v) is 5.56. The van der Waals surface area contributed by atoms with Crippen LogP contribution in [0.5, 0.6) is 0 Å². The Bertz CT molecular complexity index is 1290. The zero-order valence-electron chi connectivity index (χ0n) is 14.2. The Hall–Kier alpha value is -3.21. The van der Waals surface area contributed by atoms with E-state index in [1.807, 2.05) is 18.6 Å². The highest BCUT2D eigenvalue weighted by molar-refractivity contribution is 6.07.